The van der Waals surface area contributed by atoms with E-state index in [9.17, 15) is 22.7 Å². The van der Waals surface area contributed by atoms with Crippen LogP contribution in [0.2, 0.25) is 0 Å². The third kappa shape index (κ3) is 3.80. The molecule has 3 rings (SSSR count). The Morgan fingerprint density at radius 3 is 1.29 bits per heavy atom. The largest absolute Gasteiger partial charge is 0.383 e. The molecule has 0 radical (unpaired) electrons. The van der Waals surface area contributed by atoms with E-state index in [-0.39, 0.29) is 0 Å². The molecule has 28 heavy (non-hydrogen) atoms. The van der Waals surface area contributed by atoms with Gasteiger partial charge in [0.15, 0.2) is 0 Å². The average Bonchev–Trinajstić information content (AvgIpc) is 2.70. The van der Waals surface area contributed by atoms with Gasteiger partial charge in [0.1, 0.15) is 5.44 Å². The fourth-order valence-electron chi connectivity index (χ4n) is 3.23. The van der Waals surface area contributed by atoms with E-state index >= 15 is 0 Å². The fraction of sp³-hybridized carbons (Fsp3) is 0.182. The van der Waals surface area contributed by atoms with Crippen LogP contribution in [0.25, 0.3) is 0 Å². The Morgan fingerprint density at radius 1 is 0.679 bits per heavy atom. The van der Waals surface area contributed by atoms with Crippen molar-refractivity contribution in [2.45, 2.75) is 38.9 Å². The molecular weight excluding hydrogens is 388 g/mol. The minimum atomic E-state index is -4.30. The Bertz CT molecular complexity index is 776. The molecule has 0 amide bonds. The first-order chi connectivity index (χ1) is 13.4. The van der Waals surface area contributed by atoms with Crippen molar-refractivity contribution in [1.82, 2.24) is 0 Å². The van der Waals surface area contributed by atoms with Gasteiger partial charge in [-0.15, -0.1) is 10.0 Å². The quantitative estimate of drug-likeness (QED) is 0.438. The van der Waals surface area contributed by atoms with Gasteiger partial charge < -0.3 is 5.11 Å². The molecule has 0 aliphatic heterocycles. The first-order valence-corrected chi connectivity index (χ1v) is 10.4. The molecule has 0 spiro atoms. The van der Waals surface area contributed by atoms with Crippen molar-refractivity contribution in [2.75, 3.05) is 0 Å². The number of aliphatic hydroxyl groups excluding tert-OH is 1. The van der Waals surface area contributed by atoms with E-state index in [1.54, 1.807) is 91.0 Å². The SMILES string of the molecule is OC(CC(F)(F)C(F)F)S(c1ccccc1)(c1ccccc1)c1ccccc1. The summed E-state index contributed by atoms with van der Waals surface area (Å²) >= 11 is 0. The van der Waals surface area contributed by atoms with Gasteiger partial charge in [-0.3, -0.25) is 0 Å². The normalized spacial score (nSPS) is 14.1. The molecule has 3 aromatic carbocycles. The highest BCUT2D eigenvalue weighted by molar-refractivity contribution is 8.34. The van der Waals surface area contributed by atoms with E-state index in [1.807, 2.05) is 0 Å². The highest BCUT2D eigenvalue weighted by Gasteiger charge is 2.48. The van der Waals surface area contributed by atoms with Gasteiger partial charge in [0.2, 0.25) is 0 Å². The molecule has 0 aliphatic carbocycles. The van der Waals surface area contributed by atoms with Crippen LogP contribution in [0.3, 0.4) is 0 Å². The highest BCUT2D eigenvalue weighted by Crippen LogP contribution is 2.71. The van der Waals surface area contributed by atoms with Crippen LogP contribution in [-0.2, 0) is 0 Å². The third-order valence-corrected chi connectivity index (χ3v) is 8.55. The van der Waals surface area contributed by atoms with Gasteiger partial charge in [0, 0.05) is 14.7 Å². The zero-order chi connectivity index (χ0) is 20.2. The molecule has 0 saturated heterocycles. The fourth-order valence-corrected chi connectivity index (χ4v) is 7.22. The lowest BCUT2D eigenvalue weighted by Crippen LogP contribution is -2.34. The lowest BCUT2D eigenvalue weighted by Gasteiger charge is -2.46. The van der Waals surface area contributed by atoms with Crippen LogP contribution >= 0.6 is 10.0 Å². The number of halogens is 4. The van der Waals surface area contributed by atoms with Crippen molar-refractivity contribution < 1.29 is 22.7 Å². The van der Waals surface area contributed by atoms with Crippen LogP contribution in [0.15, 0.2) is 106 Å². The van der Waals surface area contributed by atoms with Gasteiger partial charge in [0.05, 0.1) is 6.42 Å². The molecule has 0 heterocycles. The predicted octanol–water partition coefficient (Wildman–Crippen LogP) is 6.58. The lowest BCUT2D eigenvalue weighted by molar-refractivity contribution is -0.141. The second kappa shape index (κ2) is 8.37. The summed E-state index contributed by atoms with van der Waals surface area (Å²) in [6.45, 7) is 0. The maximum Gasteiger partial charge on any atom is 0.310 e. The maximum atomic E-state index is 14.0. The smallest absolute Gasteiger partial charge is 0.310 e. The maximum absolute atomic E-state index is 14.0. The van der Waals surface area contributed by atoms with Crippen molar-refractivity contribution in [2.24, 2.45) is 0 Å². The Hall–Kier alpha value is -2.31. The molecule has 0 fully saturated rings. The lowest BCUT2D eigenvalue weighted by atomic mass is 10.2. The number of benzene rings is 3. The monoisotopic (exact) mass is 408 g/mol. The topological polar surface area (TPSA) is 20.2 Å². The molecule has 1 nitrogen and oxygen atoms in total. The summed E-state index contributed by atoms with van der Waals surface area (Å²) in [5, 5.41) is 11.1. The molecule has 3 aromatic rings. The standard InChI is InChI=1S/C22H20F4OS/c23-21(24)22(25,26)16-20(27)28(17-10-4-1-5-11-17,18-12-6-2-7-13-18)19-14-8-3-9-15-19/h1-15,20-21,27H,16H2. The summed E-state index contributed by atoms with van der Waals surface area (Å²) in [4.78, 5) is 1.89. The summed E-state index contributed by atoms with van der Waals surface area (Å²) < 4.78 is 53.8. The summed E-state index contributed by atoms with van der Waals surface area (Å²) in [5.74, 6) is -4.30. The Kier molecular flexibility index (Phi) is 6.10. The molecule has 1 N–H and O–H groups in total. The third-order valence-electron chi connectivity index (χ3n) is 4.52. The van der Waals surface area contributed by atoms with Crippen LogP contribution in [0.1, 0.15) is 6.42 Å². The van der Waals surface area contributed by atoms with E-state index in [4.69, 9.17) is 0 Å². The van der Waals surface area contributed by atoms with Gasteiger partial charge in [-0.05, 0) is 36.4 Å². The summed E-state index contributed by atoms with van der Waals surface area (Å²) in [6.07, 6.45) is -5.18. The van der Waals surface area contributed by atoms with Crippen molar-refractivity contribution >= 4 is 10.0 Å². The van der Waals surface area contributed by atoms with E-state index in [0.717, 1.165) is 0 Å². The van der Waals surface area contributed by atoms with Gasteiger partial charge in [-0.25, -0.2) is 17.6 Å². The van der Waals surface area contributed by atoms with Crippen molar-refractivity contribution in [3.8, 4) is 0 Å². The Labute approximate surface area is 163 Å². The van der Waals surface area contributed by atoms with Crippen molar-refractivity contribution in [3.05, 3.63) is 91.0 Å². The molecule has 0 aliphatic rings. The Balaban J connectivity index is 2.28. The second-order valence-corrected chi connectivity index (χ2v) is 9.60. The van der Waals surface area contributed by atoms with E-state index in [2.05, 4.69) is 0 Å². The van der Waals surface area contributed by atoms with Crippen LogP contribution in [0.4, 0.5) is 17.6 Å². The summed E-state index contributed by atoms with van der Waals surface area (Å²) in [6, 6.07) is 26.3. The van der Waals surface area contributed by atoms with Crippen LogP contribution in [0, 0.1) is 0 Å². The molecule has 0 aromatic heterocycles. The van der Waals surface area contributed by atoms with E-state index in [1.165, 1.54) is 0 Å². The van der Waals surface area contributed by atoms with Gasteiger partial charge >= 0.3 is 12.3 Å². The number of hydrogen-bond acceptors (Lipinski definition) is 1. The zero-order valence-electron chi connectivity index (χ0n) is 14.9. The molecule has 6 heteroatoms. The number of aliphatic hydroxyl groups is 1. The molecule has 148 valence electrons. The Morgan fingerprint density at radius 2 is 1.00 bits per heavy atom. The van der Waals surface area contributed by atoms with Crippen LogP contribution in [0.5, 0.6) is 0 Å². The second-order valence-electron chi connectivity index (χ2n) is 6.32. The van der Waals surface area contributed by atoms with E-state index < -0.39 is 34.2 Å². The van der Waals surface area contributed by atoms with E-state index in [0.29, 0.717) is 14.7 Å². The summed E-state index contributed by atoms with van der Waals surface area (Å²) in [5.41, 5.74) is -1.70. The van der Waals surface area contributed by atoms with Crippen LogP contribution in [-0.4, -0.2) is 22.9 Å². The van der Waals surface area contributed by atoms with Crippen molar-refractivity contribution in [3.63, 3.8) is 0 Å². The first-order valence-electron chi connectivity index (χ1n) is 8.70. The number of hydrogen-bond donors (Lipinski definition) is 1. The average molecular weight is 408 g/mol. The molecule has 0 saturated carbocycles. The zero-order valence-corrected chi connectivity index (χ0v) is 15.7. The van der Waals surface area contributed by atoms with Gasteiger partial charge in [-0.2, -0.15) is 0 Å². The van der Waals surface area contributed by atoms with Crippen molar-refractivity contribution in [1.29, 1.82) is 0 Å². The number of alkyl halides is 4. The predicted molar refractivity (Wildman–Crippen MR) is 103 cm³/mol. The van der Waals surface area contributed by atoms with Gasteiger partial charge in [-0.1, -0.05) is 54.6 Å². The van der Waals surface area contributed by atoms with Gasteiger partial charge in [0.25, 0.3) is 0 Å². The van der Waals surface area contributed by atoms with Crippen LogP contribution < -0.4 is 0 Å². The first kappa shape index (κ1) is 20.4. The molecule has 1 atom stereocenters. The summed E-state index contributed by atoms with van der Waals surface area (Å²) in [7, 11) is -2.64. The minimum Gasteiger partial charge on any atom is -0.383 e. The molecule has 0 bridgehead atoms. The molecule has 1 unspecified atom stereocenters. The molecular formula is C22H20F4OS. The highest BCUT2D eigenvalue weighted by atomic mass is 32.3. The number of rotatable bonds is 7. The minimum absolute atomic E-state index is 0.630.